The van der Waals surface area contributed by atoms with Gasteiger partial charge in [0.25, 0.3) is 5.56 Å². The Labute approximate surface area is 166 Å². The van der Waals surface area contributed by atoms with Crippen LogP contribution >= 0.6 is 0 Å². The van der Waals surface area contributed by atoms with Gasteiger partial charge >= 0.3 is 0 Å². The number of aryl methyl sites for hydroxylation is 1. The molecule has 0 saturated heterocycles. The fraction of sp³-hybridized carbons (Fsp3) is 0.182. The van der Waals surface area contributed by atoms with Gasteiger partial charge in [0.1, 0.15) is 23.8 Å². The highest BCUT2D eigenvalue weighted by molar-refractivity contribution is 5.48. The lowest BCUT2D eigenvalue weighted by atomic mass is 10.2. The second kappa shape index (κ2) is 7.89. The summed E-state index contributed by atoms with van der Waals surface area (Å²) in [5.74, 6) is 0.161. The lowest BCUT2D eigenvalue weighted by molar-refractivity contribution is 0.181. The summed E-state index contributed by atoms with van der Waals surface area (Å²) in [5, 5.41) is 0. The number of halogens is 1. The number of fused-ring (bicyclic) bond motifs is 1. The van der Waals surface area contributed by atoms with Crippen LogP contribution in [0.3, 0.4) is 0 Å². The maximum Gasteiger partial charge on any atom is 0.258 e. The van der Waals surface area contributed by atoms with Crippen molar-refractivity contribution in [3.8, 4) is 11.4 Å². The molecule has 4 rings (SSSR count). The standard InChI is InChI=1S/C22H20FN3O3/c1-15-20(14-28-2)24-21-8-7-18(12-26(15)21)25-10-9-19(11-22(25)27)29-13-16-3-5-17(23)6-4-16/h3-12H,13-14H2,1-2H3. The summed E-state index contributed by atoms with van der Waals surface area (Å²) in [7, 11) is 1.63. The van der Waals surface area contributed by atoms with Crippen molar-refractivity contribution in [2.24, 2.45) is 0 Å². The molecule has 29 heavy (non-hydrogen) atoms. The second-order valence-corrected chi connectivity index (χ2v) is 6.68. The molecule has 0 spiro atoms. The first-order valence-electron chi connectivity index (χ1n) is 9.12. The molecule has 0 N–H and O–H groups in total. The normalized spacial score (nSPS) is 11.1. The van der Waals surface area contributed by atoms with Crippen molar-refractivity contribution in [2.75, 3.05) is 7.11 Å². The zero-order valence-electron chi connectivity index (χ0n) is 16.1. The Hall–Kier alpha value is -3.45. The molecular formula is C22H20FN3O3. The van der Waals surface area contributed by atoms with Gasteiger partial charge in [-0.2, -0.15) is 0 Å². The van der Waals surface area contributed by atoms with Crippen LogP contribution in [0.15, 0.2) is 65.7 Å². The van der Waals surface area contributed by atoms with Gasteiger partial charge < -0.3 is 13.9 Å². The molecule has 0 fully saturated rings. The highest BCUT2D eigenvalue weighted by Crippen LogP contribution is 2.17. The van der Waals surface area contributed by atoms with Crippen LogP contribution in [-0.4, -0.2) is 21.1 Å². The van der Waals surface area contributed by atoms with Crippen molar-refractivity contribution in [3.63, 3.8) is 0 Å². The molecule has 0 amide bonds. The molecule has 6 nitrogen and oxygen atoms in total. The quantitative estimate of drug-likeness (QED) is 0.502. The SMILES string of the molecule is COCc1nc2ccc(-n3ccc(OCc4ccc(F)cc4)cc3=O)cn2c1C. The number of pyridine rings is 2. The number of nitrogens with zero attached hydrogens (tertiary/aromatic N) is 3. The Morgan fingerprint density at radius 2 is 1.86 bits per heavy atom. The maximum absolute atomic E-state index is 13.0. The largest absolute Gasteiger partial charge is 0.489 e. The molecule has 0 radical (unpaired) electrons. The number of benzene rings is 1. The maximum atomic E-state index is 13.0. The van der Waals surface area contributed by atoms with E-state index in [1.165, 1.54) is 18.2 Å². The first kappa shape index (κ1) is 18.9. The van der Waals surface area contributed by atoms with Crippen LogP contribution in [0, 0.1) is 12.7 Å². The van der Waals surface area contributed by atoms with Crippen LogP contribution < -0.4 is 10.3 Å². The summed E-state index contributed by atoms with van der Waals surface area (Å²) >= 11 is 0. The van der Waals surface area contributed by atoms with Crippen molar-refractivity contribution in [1.29, 1.82) is 0 Å². The van der Waals surface area contributed by atoms with E-state index in [4.69, 9.17) is 9.47 Å². The summed E-state index contributed by atoms with van der Waals surface area (Å²) in [5.41, 5.74) is 3.96. The minimum absolute atomic E-state index is 0.212. The van der Waals surface area contributed by atoms with E-state index < -0.39 is 0 Å². The van der Waals surface area contributed by atoms with Crippen LogP contribution in [-0.2, 0) is 18.0 Å². The predicted molar refractivity (Wildman–Crippen MR) is 107 cm³/mol. The van der Waals surface area contributed by atoms with Gasteiger partial charge in [-0.05, 0) is 42.8 Å². The molecule has 7 heteroatoms. The Balaban J connectivity index is 1.58. The van der Waals surface area contributed by atoms with E-state index in [0.717, 1.165) is 28.3 Å². The van der Waals surface area contributed by atoms with Crippen LogP contribution in [0.25, 0.3) is 11.3 Å². The fourth-order valence-electron chi connectivity index (χ4n) is 3.13. The minimum Gasteiger partial charge on any atom is -0.489 e. The average molecular weight is 393 g/mol. The summed E-state index contributed by atoms with van der Waals surface area (Å²) in [6, 6.07) is 12.9. The molecular weight excluding hydrogens is 373 g/mol. The number of ether oxygens (including phenoxy) is 2. The third-order valence-electron chi connectivity index (χ3n) is 4.71. The first-order chi connectivity index (χ1) is 14.0. The van der Waals surface area contributed by atoms with E-state index >= 15 is 0 Å². The van der Waals surface area contributed by atoms with E-state index in [0.29, 0.717) is 12.4 Å². The van der Waals surface area contributed by atoms with Crippen molar-refractivity contribution in [1.82, 2.24) is 14.0 Å². The lowest BCUT2D eigenvalue weighted by Crippen LogP contribution is -2.17. The minimum atomic E-state index is -0.296. The van der Waals surface area contributed by atoms with Crippen LogP contribution in [0.5, 0.6) is 5.75 Å². The fourth-order valence-corrected chi connectivity index (χ4v) is 3.13. The van der Waals surface area contributed by atoms with Crippen molar-refractivity contribution in [2.45, 2.75) is 20.1 Å². The van der Waals surface area contributed by atoms with E-state index in [-0.39, 0.29) is 18.0 Å². The molecule has 0 aliphatic rings. The molecule has 0 saturated carbocycles. The molecule has 148 valence electrons. The number of aromatic nitrogens is 3. The van der Waals surface area contributed by atoms with Gasteiger partial charge in [0.05, 0.1) is 18.0 Å². The molecule has 0 aliphatic heterocycles. The molecule has 0 unspecified atom stereocenters. The zero-order valence-corrected chi connectivity index (χ0v) is 16.1. The summed E-state index contributed by atoms with van der Waals surface area (Å²) in [6.07, 6.45) is 3.54. The number of methoxy groups -OCH3 is 1. The van der Waals surface area contributed by atoms with Crippen LogP contribution in [0.1, 0.15) is 17.0 Å². The summed E-state index contributed by atoms with van der Waals surface area (Å²) in [4.78, 5) is 17.2. The molecule has 3 heterocycles. The second-order valence-electron chi connectivity index (χ2n) is 6.68. The molecule has 3 aromatic heterocycles. The highest BCUT2D eigenvalue weighted by atomic mass is 19.1. The Bertz CT molecular complexity index is 1210. The number of hydrogen-bond acceptors (Lipinski definition) is 4. The van der Waals surface area contributed by atoms with Gasteiger partial charge in [-0.1, -0.05) is 12.1 Å². The van der Waals surface area contributed by atoms with Gasteiger partial charge in [-0.3, -0.25) is 9.36 Å². The summed E-state index contributed by atoms with van der Waals surface area (Å²) in [6.45, 7) is 2.66. The first-order valence-corrected chi connectivity index (χ1v) is 9.12. The third kappa shape index (κ3) is 3.90. The van der Waals surface area contributed by atoms with Crippen LogP contribution in [0.4, 0.5) is 4.39 Å². The molecule has 0 aliphatic carbocycles. The van der Waals surface area contributed by atoms with Crippen LogP contribution in [0.2, 0.25) is 0 Å². The van der Waals surface area contributed by atoms with Gasteiger partial charge in [-0.25, -0.2) is 9.37 Å². The van der Waals surface area contributed by atoms with E-state index in [1.54, 1.807) is 36.1 Å². The lowest BCUT2D eigenvalue weighted by Gasteiger charge is -2.10. The zero-order chi connectivity index (χ0) is 20.4. The molecule has 1 aromatic carbocycles. The van der Waals surface area contributed by atoms with Crippen molar-refractivity contribution in [3.05, 3.63) is 94.0 Å². The van der Waals surface area contributed by atoms with Gasteiger partial charge in [0.2, 0.25) is 0 Å². The monoisotopic (exact) mass is 393 g/mol. The number of imidazole rings is 1. The number of hydrogen-bond donors (Lipinski definition) is 0. The van der Waals surface area contributed by atoms with E-state index in [2.05, 4.69) is 4.98 Å². The Morgan fingerprint density at radius 1 is 1.07 bits per heavy atom. The van der Waals surface area contributed by atoms with Gasteiger partial charge in [-0.15, -0.1) is 0 Å². The Morgan fingerprint density at radius 3 is 2.59 bits per heavy atom. The molecule has 4 aromatic rings. The van der Waals surface area contributed by atoms with E-state index in [9.17, 15) is 9.18 Å². The molecule has 0 bridgehead atoms. The Kier molecular flexibility index (Phi) is 5.14. The number of rotatable bonds is 6. The third-order valence-corrected chi connectivity index (χ3v) is 4.71. The van der Waals surface area contributed by atoms with Crippen molar-refractivity contribution >= 4 is 5.65 Å². The van der Waals surface area contributed by atoms with E-state index in [1.807, 2.05) is 29.7 Å². The van der Waals surface area contributed by atoms with Crippen molar-refractivity contribution < 1.29 is 13.9 Å². The average Bonchev–Trinajstić information content (AvgIpc) is 3.03. The highest BCUT2D eigenvalue weighted by Gasteiger charge is 2.10. The summed E-state index contributed by atoms with van der Waals surface area (Å²) < 4.78 is 27.3. The predicted octanol–water partition coefficient (Wildman–Crippen LogP) is 3.66. The molecule has 0 atom stereocenters. The smallest absolute Gasteiger partial charge is 0.258 e. The topological polar surface area (TPSA) is 57.8 Å². The van der Waals surface area contributed by atoms with Gasteiger partial charge in [0, 0.05) is 31.3 Å². The van der Waals surface area contributed by atoms with Gasteiger partial charge in [0.15, 0.2) is 0 Å².